The molecule has 2 aromatic rings. The lowest BCUT2D eigenvalue weighted by molar-refractivity contribution is -0.535. The van der Waals surface area contributed by atoms with Crippen molar-refractivity contribution in [1.29, 1.82) is 0 Å². The number of carboxylic acids is 1. The molecule has 0 saturated carbocycles. The summed E-state index contributed by atoms with van der Waals surface area (Å²) in [5, 5.41) is 26.8. The van der Waals surface area contributed by atoms with Gasteiger partial charge in [0.15, 0.2) is 0 Å². The number of benzene rings is 1. The smallest absolute Gasteiger partial charge is 0.305 e. The van der Waals surface area contributed by atoms with Gasteiger partial charge >= 0.3 is 5.97 Å². The SMILES string of the molecule is CC(C)C(OCc1ccccc1)C1C([N+](=O)[O-])[C@@H](c2ccco2)N[C@@H]1C(=O)NCCC(=O)O. The molecule has 178 valence electrons. The van der Waals surface area contributed by atoms with Crippen LogP contribution < -0.4 is 10.6 Å². The van der Waals surface area contributed by atoms with Crippen molar-refractivity contribution in [2.75, 3.05) is 6.54 Å². The van der Waals surface area contributed by atoms with E-state index in [1.165, 1.54) is 6.26 Å². The van der Waals surface area contributed by atoms with E-state index in [0.717, 1.165) is 5.56 Å². The number of carboxylic acid groups (broad SMARTS) is 1. The Morgan fingerprint density at radius 2 is 1.97 bits per heavy atom. The number of carbonyl (C=O) groups is 2. The Morgan fingerprint density at radius 3 is 2.55 bits per heavy atom. The number of hydrogen-bond donors (Lipinski definition) is 3. The van der Waals surface area contributed by atoms with Crippen LogP contribution in [0.3, 0.4) is 0 Å². The monoisotopic (exact) mass is 459 g/mol. The van der Waals surface area contributed by atoms with Crippen molar-refractivity contribution >= 4 is 11.9 Å². The van der Waals surface area contributed by atoms with Crippen molar-refractivity contribution in [2.45, 2.75) is 51.1 Å². The molecule has 2 heterocycles. The maximum atomic E-state index is 13.0. The summed E-state index contributed by atoms with van der Waals surface area (Å²) in [5.74, 6) is -2.14. The lowest BCUT2D eigenvalue weighted by Gasteiger charge is -2.31. The molecule has 0 radical (unpaired) electrons. The standard InChI is InChI=1S/C23H29N3O7/c1-14(2)22(33-13-15-7-4-3-5-8-15)18-20(23(29)24-11-10-17(27)28)25-19(21(18)26(30)31)16-9-6-12-32-16/h3-9,12,14,18-22,25H,10-11,13H2,1-2H3,(H,24,29)(H,27,28)/t18?,19-,20+,21?,22?/m1/s1. The van der Waals surface area contributed by atoms with Crippen molar-refractivity contribution in [1.82, 2.24) is 10.6 Å². The average molecular weight is 459 g/mol. The van der Waals surface area contributed by atoms with Crippen molar-refractivity contribution < 1.29 is 28.8 Å². The number of hydrogen-bond acceptors (Lipinski definition) is 7. The Balaban J connectivity index is 1.91. The minimum absolute atomic E-state index is 0.0785. The third kappa shape index (κ3) is 5.96. The summed E-state index contributed by atoms with van der Waals surface area (Å²) in [6, 6.07) is 9.73. The van der Waals surface area contributed by atoms with E-state index in [0.29, 0.717) is 5.76 Å². The van der Waals surface area contributed by atoms with E-state index in [4.69, 9.17) is 14.3 Å². The second kappa shape index (κ2) is 11.1. The molecular weight excluding hydrogens is 430 g/mol. The number of nitrogens with one attached hydrogen (secondary N) is 2. The molecule has 0 bridgehead atoms. The van der Waals surface area contributed by atoms with E-state index in [9.17, 15) is 19.7 Å². The first-order valence-electron chi connectivity index (χ1n) is 10.9. The molecule has 3 rings (SSSR count). The predicted molar refractivity (Wildman–Crippen MR) is 118 cm³/mol. The van der Waals surface area contributed by atoms with Crippen LogP contribution in [0.15, 0.2) is 53.1 Å². The van der Waals surface area contributed by atoms with Crippen molar-refractivity contribution in [3.05, 3.63) is 70.2 Å². The highest BCUT2D eigenvalue weighted by atomic mass is 16.6. The zero-order valence-corrected chi connectivity index (χ0v) is 18.5. The van der Waals surface area contributed by atoms with Gasteiger partial charge in [0.2, 0.25) is 11.9 Å². The van der Waals surface area contributed by atoms with Gasteiger partial charge in [-0.2, -0.15) is 0 Å². The third-order valence-corrected chi connectivity index (χ3v) is 5.82. The first kappa shape index (κ1) is 24.4. The highest BCUT2D eigenvalue weighted by molar-refractivity contribution is 5.83. The molecule has 10 nitrogen and oxygen atoms in total. The van der Waals surface area contributed by atoms with E-state index in [-0.39, 0.29) is 25.5 Å². The summed E-state index contributed by atoms with van der Waals surface area (Å²) >= 11 is 0. The summed E-state index contributed by atoms with van der Waals surface area (Å²) in [5.41, 5.74) is 0.914. The number of nitro groups is 1. The van der Waals surface area contributed by atoms with Gasteiger partial charge in [-0.3, -0.25) is 25.0 Å². The fraction of sp³-hybridized carbons (Fsp3) is 0.478. The maximum absolute atomic E-state index is 13.0. The van der Waals surface area contributed by atoms with Gasteiger partial charge < -0.3 is 19.6 Å². The lowest BCUT2D eigenvalue weighted by atomic mass is 9.82. The zero-order chi connectivity index (χ0) is 24.0. The number of rotatable bonds is 11. The molecule has 3 unspecified atom stereocenters. The zero-order valence-electron chi connectivity index (χ0n) is 18.5. The van der Waals surface area contributed by atoms with Crippen LogP contribution in [0, 0.1) is 22.0 Å². The van der Waals surface area contributed by atoms with Gasteiger partial charge in [0.1, 0.15) is 11.8 Å². The average Bonchev–Trinajstić information content (AvgIpc) is 3.42. The van der Waals surface area contributed by atoms with Crippen LogP contribution in [-0.2, 0) is 20.9 Å². The molecule has 0 aliphatic carbocycles. The molecule has 1 saturated heterocycles. The second-order valence-electron chi connectivity index (χ2n) is 8.43. The minimum Gasteiger partial charge on any atom is -0.481 e. The summed E-state index contributed by atoms with van der Waals surface area (Å²) in [6.45, 7) is 3.95. The fourth-order valence-electron chi connectivity index (χ4n) is 4.36. The summed E-state index contributed by atoms with van der Waals surface area (Å²) in [6.07, 6.45) is 0.555. The number of ether oxygens (including phenoxy) is 1. The maximum Gasteiger partial charge on any atom is 0.305 e. The van der Waals surface area contributed by atoms with Crippen LogP contribution in [0.5, 0.6) is 0 Å². The van der Waals surface area contributed by atoms with Crippen molar-refractivity contribution in [2.24, 2.45) is 11.8 Å². The van der Waals surface area contributed by atoms with E-state index in [2.05, 4.69) is 10.6 Å². The molecule has 1 aliphatic heterocycles. The van der Waals surface area contributed by atoms with Gasteiger partial charge in [0, 0.05) is 11.5 Å². The van der Waals surface area contributed by atoms with E-state index >= 15 is 0 Å². The molecule has 1 aromatic carbocycles. The highest BCUT2D eigenvalue weighted by Crippen LogP contribution is 2.39. The summed E-state index contributed by atoms with van der Waals surface area (Å²) < 4.78 is 11.6. The number of aliphatic carboxylic acids is 1. The molecule has 1 aromatic heterocycles. The first-order valence-corrected chi connectivity index (χ1v) is 10.9. The van der Waals surface area contributed by atoms with E-state index < -0.39 is 46.9 Å². The molecule has 0 spiro atoms. The molecule has 3 N–H and O–H groups in total. The topological polar surface area (TPSA) is 144 Å². The Bertz CT molecular complexity index is 933. The van der Waals surface area contributed by atoms with E-state index in [1.807, 2.05) is 44.2 Å². The van der Waals surface area contributed by atoms with Crippen LogP contribution in [0.25, 0.3) is 0 Å². The number of furan rings is 1. The van der Waals surface area contributed by atoms with Gasteiger partial charge in [-0.25, -0.2) is 0 Å². The van der Waals surface area contributed by atoms with Crippen LogP contribution in [0.4, 0.5) is 0 Å². The van der Waals surface area contributed by atoms with Crippen LogP contribution >= 0.6 is 0 Å². The van der Waals surface area contributed by atoms with Crippen molar-refractivity contribution in [3.8, 4) is 0 Å². The van der Waals surface area contributed by atoms with Crippen LogP contribution in [-0.4, -0.2) is 46.6 Å². The van der Waals surface area contributed by atoms with Crippen molar-refractivity contribution in [3.63, 3.8) is 0 Å². The molecule has 1 amide bonds. The number of nitrogens with zero attached hydrogens (tertiary/aromatic N) is 1. The minimum atomic E-state index is -1.19. The summed E-state index contributed by atoms with van der Waals surface area (Å²) in [7, 11) is 0. The Morgan fingerprint density at radius 1 is 1.24 bits per heavy atom. The quantitative estimate of drug-likeness (QED) is 0.343. The van der Waals surface area contributed by atoms with Gasteiger partial charge in [0.05, 0.1) is 37.4 Å². The van der Waals surface area contributed by atoms with Crippen LogP contribution in [0.1, 0.15) is 37.6 Å². The largest absolute Gasteiger partial charge is 0.481 e. The molecule has 1 aliphatic rings. The normalized spacial score (nSPS) is 23.4. The van der Waals surface area contributed by atoms with Gasteiger partial charge in [0.25, 0.3) is 0 Å². The van der Waals surface area contributed by atoms with E-state index in [1.54, 1.807) is 12.1 Å². The Hall–Kier alpha value is -3.24. The summed E-state index contributed by atoms with van der Waals surface area (Å²) in [4.78, 5) is 35.7. The lowest BCUT2D eigenvalue weighted by Crippen LogP contribution is -2.51. The Kier molecular flexibility index (Phi) is 8.18. The second-order valence-corrected chi connectivity index (χ2v) is 8.43. The van der Waals surface area contributed by atoms with Gasteiger partial charge in [-0.05, 0) is 23.6 Å². The Labute approximate surface area is 191 Å². The number of amides is 1. The highest BCUT2D eigenvalue weighted by Gasteiger charge is 2.58. The van der Waals surface area contributed by atoms with Crippen LogP contribution in [0.2, 0.25) is 0 Å². The fourth-order valence-corrected chi connectivity index (χ4v) is 4.36. The first-order chi connectivity index (χ1) is 15.8. The molecular formula is C23H29N3O7. The number of carbonyl (C=O) groups excluding carboxylic acids is 1. The molecule has 10 heteroatoms. The van der Waals surface area contributed by atoms with Gasteiger partial charge in [-0.15, -0.1) is 0 Å². The molecule has 5 atom stereocenters. The third-order valence-electron chi connectivity index (χ3n) is 5.82. The molecule has 1 fully saturated rings. The predicted octanol–water partition coefficient (Wildman–Crippen LogP) is 2.39. The van der Waals surface area contributed by atoms with Gasteiger partial charge in [-0.1, -0.05) is 44.2 Å². The molecule has 33 heavy (non-hydrogen) atoms.